The van der Waals surface area contributed by atoms with Gasteiger partial charge in [0.25, 0.3) is 11.8 Å². The van der Waals surface area contributed by atoms with Gasteiger partial charge in [0.2, 0.25) is 0 Å². The van der Waals surface area contributed by atoms with Gasteiger partial charge < -0.3 is 25.8 Å². The van der Waals surface area contributed by atoms with Crippen LogP contribution < -0.4 is 15.8 Å². The molecule has 0 bridgehead atoms. The quantitative estimate of drug-likeness (QED) is 0.416. The average molecular weight is 571 g/mol. The molecule has 0 atom stereocenters. The second-order valence-corrected chi connectivity index (χ2v) is 11.2. The lowest BCUT2D eigenvalue weighted by Gasteiger charge is -2.33. The standard InChI is InChI=1S/C28H29F3N6O4/c1-14(15-3-4-15)36-13-17-11-16(12-20(21(17)26(36)39)41-28(29,30)31)19-7-10-37-24(34-19)22(23(32)35-37)25(38)33-18-5-8-27(2,40)9-6-18/h7,10-12,18,40H,3-6,8-9,13H2,1-2H3,(H2,32,35)(H,33,38). The maximum absolute atomic E-state index is 13.4. The van der Waals surface area contributed by atoms with Crippen LogP contribution in [0.15, 0.2) is 35.7 Å². The number of amides is 2. The van der Waals surface area contributed by atoms with E-state index in [0.29, 0.717) is 31.2 Å². The molecule has 0 saturated heterocycles. The zero-order valence-electron chi connectivity index (χ0n) is 22.5. The molecule has 13 heteroatoms. The van der Waals surface area contributed by atoms with E-state index in [1.807, 2.05) is 0 Å². The van der Waals surface area contributed by atoms with Gasteiger partial charge in [-0.25, -0.2) is 9.50 Å². The number of nitrogens with zero attached hydrogens (tertiary/aromatic N) is 4. The number of halogens is 3. The van der Waals surface area contributed by atoms with Gasteiger partial charge in [-0.05, 0) is 76.1 Å². The van der Waals surface area contributed by atoms with Crippen LogP contribution in [0.1, 0.15) is 78.7 Å². The van der Waals surface area contributed by atoms with E-state index in [0.717, 1.165) is 30.2 Å². The van der Waals surface area contributed by atoms with E-state index in [9.17, 15) is 27.9 Å². The number of hydrogen-bond acceptors (Lipinski definition) is 7. The third kappa shape index (κ3) is 5.21. The van der Waals surface area contributed by atoms with E-state index >= 15 is 0 Å². The van der Waals surface area contributed by atoms with Crippen LogP contribution in [0, 0.1) is 0 Å². The summed E-state index contributed by atoms with van der Waals surface area (Å²) in [4.78, 5) is 32.4. The van der Waals surface area contributed by atoms with Gasteiger partial charge in [0.1, 0.15) is 11.3 Å². The number of allylic oxidation sites excluding steroid dienone is 2. The SMILES string of the molecule is CC(=C1CC1)N1Cc2cc(-c3ccn4nc(N)c(C(=O)NC5CCC(C)(O)CC5)c4n3)cc(OC(F)(F)F)c2C1=O. The Morgan fingerprint density at radius 1 is 1.24 bits per heavy atom. The summed E-state index contributed by atoms with van der Waals surface area (Å²) in [7, 11) is 0. The molecule has 41 heavy (non-hydrogen) atoms. The first-order valence-corrected chi connectivity index (χ1v) is 13.4. The largest absolute Gasteiger partial charge is 0.573 e. The number of fused-ring (bicyclic) bond motifs is 2. The first-order valence-electron chi connectivity index (χ1n) is 13.4. The zero-order chi connectivity index (χ0) is 29.3. The van der Waals surface area contributed by atoms with Crippen LogP contribution in [-0.2, 0) is 6.54 Å². The van der Waals surface area contributed by atoms with E-state index in [1.165, 1.54) is 21.7 Å². The predicted molar refractivity (Wildman–Crippen MR) is 142 cm³/mol. The number of benzene rings is 1. The molecule has 10 nitrogen and oxygen atoms in total. The number of nitrogens with one attached hydrogen (secondary N) is 1. The fraction of sp³-hybridized carbons (Fsp3) is 0.429. The van der Waals surface area contributed by atoms with Crippen LogP contribution in [-0.4, -0.2) is 54.4 Å². The van der Waals surface area contributed by atoms with Crippen molar-refractivity contribution in [1.29, 1.82) is 0 Å². The van der Waals surface area contributed by atoms with Gasteiger partial charge in [-0.3, -0.25) is 9.59 Å². The van der Waals surface area contributed by atoms with E-state index < -0.39 is 29.5 Å². The van der Waals surface area contributed by atoms with Crippen molar-refractivity contribution in [3.8, 4) is 17.0 Å². The van der Waals surface area contributed by atoms with Gasteiger partial charge >= 0.3 is 6.36 Å². The number of carbonyl (C=O) groups is 2. The molecule has 6 rings (SSSR count). The van der Waals surface area contributed by atoms with E-state index in [2.05, 4.69) is 20.1 Å². The van der Waals surface area contributed by atoms with Crippen LogP contribution in [0.5, 0.6) is 5.75 Å². The first-order chi connectivity index (χ1) is 19.3. The van der Waals surface area contributed by atoms with Gasteiger partial charge in [-0.1, -0.05) is 5.57 Å². The molecule has 1 aliphatic heterocycles. The summed E-state index contributed by atoms with van der Waals surface area (Å²) in [6, 6.07) is 4.14. The average Bonchev–Trinajstić information content (AvgIpc) is 3.61. The summed E-state index contributed by atoms with van der Waals surface area (Å²) in [6.45, 7) is 3.66. The normalized spacial score (nSPS) is 22.2. The van der Waals surface area contributed by atoms with Crippen molar-refractivity contribution in [2.75, 3.05) is 5.73 Å². The molecular formula is C28H29F3N6O4. The zero-order valence-corrected chi connectivity index (χ0v) is 22.5. The minimum absolute atomic E-state index is 0.0464. The molecule has 0 spiro atoms. The molecule has 2 aliphatic carbocycles. The third-order valence-electron chi connectivity index (χ3n) is 8.05. The molecule has 4 N–H and O–H groups in total. The van der Waals surface area contributed by atoms with Crippen LogP contribution in [0.3, 0.4) is 0 Å². The predicted octanol–water partition coefficient (Wildman–Crippen LogP) is 4.32. The molecule has 3 heterocycles. The van der Waals surface area contributed by atoms with Crippen molar-refractivity contribution >= 4 is 23.3 Å². The summed E-state index contributed by atoms with van der Waals surface area (Å²) >= 11 is 0. The number of hydrogen-bond donors (Lipinski definition) is 3. The Bertz CT molecular complexity index is 1610. The number of aromatic nitrogens is 3. The third-order valence-corrected chi connectivity index (χ3v) is 8.05. The molecular weight excluding hydrogens is 541 g/mol. The Morgan fingerprint density at radius 3 is 2.61 bits per heavy atom. The van der Waals surface area contributed by atoms with Gasteiger partial charge in [-0.15, -0.1) is 18.3 Å². The van der Waals surface area contributed by atoms with Crippen LogP contribution in [0.4, 0.5) is 19.0 Å². The number of carbonyl (C=O) groups excluding carboxylic acids is 2. The van der Waals surface area contributed by atoms with Crippen molar-refractivity contribution < 1.29 is 32.6 Å². The number of nitrogens with two attached hydrogens (primary N) is 1. The molecule has 216 valence electrons. The summed E-state index contributed by atoms with van der Waals surface area (Å²) in [5, 5.41) is 17.3. The lowest BCUT2D eigenvalue weighted by molar-refractivity contribution is -0.274. The topological polar surface area (TPSA) is 135 Å². The summed E-state index contributed by atoms with van der Waals surface area (Å²) in [6.07, 6.45) is 0.499. The second-order valence-electron chi connectivity index (χ2n) is 11.2. The Kier molecular flexibility index (Phi) is 6.25. The van der Waals surface area contributed by atoms with Crippen molar-refractivity contribution in [2.45, 2.75) is 76.9 Å². The molecule has 2 amide bonds. The van der Waals surface area contributed by atoms with Crippen molar-refractivity contribution in [2.24, 2.45) is 0 Å². The molecule has 2 aromatic heterocycles. The Hall–Kier alpha value is -4.13. The second kappa shape index (κ2) is 9.47. The molecule has 0 radical (unpaired) electrons. The molecule has 2 fully saturated rings. The minimum atomic E-state index is -5.01. The fourth-order valence-corrected chi connectivity index (χ4v) is 5.62. The number of ether oxygens (including phenoxy) is 1. The van der Waals surface area contributed by atoms with E-state index in [1.54, 1.807) is 19.9 Å². The Balaban J connectivity index is 1.36. The highest BCUT2D eigenvalue weighted by Crippen LogP contribution is 2.42. The van der Waals surface area contributed by atoms with Crippen molar-refractivity contribution in [3.63, 3.8) is 0 Å². The highest BCUT2D eigenvalue weighted by atomic mass is 19.4. The minimum Gasteiger partial charge on any atom is -0.405 e. The monoisotopic (exact) mass is 570 g/mol. The van der Waals surface area contributed by atoms with Crippen LogP contribution >= 0.6 is 0 Å². The number of nitrogen functional groups attached to an aromatic ring is 1. The number of rotatable bonds is 5. The maximum Gasteiger partial charge on any atom is 0.573 e. The highest BCUT2D eigenvalue weighted by Gasteiger charge is 2.39. The van der Waals surface area contributed by atoms with E-state index in [-0.39, 0.29) is 46.4 Å². The Morgan fingerprint density at radius 2 is 1.95 bits per heavy atom. The van der Waals surface area contributed by atoms with Gasteiger partial charge in [0, 0.05) is 23.5 Å². The van der Waals surface area contributed by atoms with Gasteiger partial charge in [-0.2, -0.15) is 0 Å². The van der Waals surface area contributed by atoms with E-state index in [4.69, 9.17) is 5.73 Å². The molecule has 3 aliphatic rings. The smallest absolute Gasteiger partial charge is 0.405 e. The molecule has 1 aromatic carbocycles. The number of anilines is 1. The van der Waals surface area contributed by atoms with Crippen LogP contribution in [0.2, 0.25) is 0 Å². The fourth-order valence-electron chi connectivity index (χ4n) is 5.62. The Labute approximate surface area is 233 Å². The van der Waals surface area contributed by atoms with Crippen molar-refractivity contribution in [3.05, 3.63) is 52.4 Å². The lowest BCUT2D eigenvalue weighted by atomic mass is 9.83. The van der Waals surface area contributed by atoms with Crippen LogP contribution in [0.25, 0.3) is 16.9 Å². The highest BCUT2D eigenvalue weighted by molar-refractivity contribution is 6.05. The van der Waals surface area contributed by atoms with Gasteiger partial charge in [0.15, 0.2) is 11.5 Å². The number of alkyl halides is 3. The van der Waals surface area contributed by atoms with Crippen molar-refractivity contribution in [1.82, 2.24) is 24.8 Å². The first kappa shape index (κ1) is 27.1. The molecule has 2 saturated carbocycles. The lowest BCUT2D eigenvalue weighted by Crippen LogP contribution is -2.42. The maximum atomic E-state index is 13.4. The molecule has 0 unspecified atom stereocenters. The summed E-state index contributed by atoms with van der Waals surface area (Å²) < 4.78 is 45.8. The number of aliphatic hydroxyl groups is 1. The summed E-state index contributed by atoms with van der Waals surface area (Å²) in [5.74, 6) is -1.67. The molecule has 3 aromatic rings. The summed E-state index contributed by atoms with van der Waals surface area (Å²) in [5.41, 5.74) is 8.11. The van der Waals surface area contributed by atoms with Gasteiger partial charge in [0.05, 0.1) is 23.4 Å².